The van der Waals surface area contributed by atoms with Crippen LogP contribution in [0.25, 0.3) is 0 Å². The summed E-state index contributed by atoms with van der Waals surface area (Å²) in [5.74, 6) is -2.54. The molecule has 0 unspecified atom stereocenters. The van der Waals surface area contributed by atoms with E-state index in [1.807, 2.05) is 0 Å². The molecule has 0 atom stereocenters. The molecular weight excluding hydrogens is 276 g/mol. The van der Waals surface area contributed by atoms with Crippen LogP contribution < -0.4 is 5.32 Å². The third-order valence-corrected chi connectivity index (χ3v) is 2.70. The minimum atomic E-state index is -1.27. The number of anilines is 1. The van der Waals surface area contributed by atoms with Gasteiger partial charge in [0.05, 0.1) is 11.1 Å². The summed E-state index contributed by atoms with van der Waals surface area (Å²) in [6, 6.07) is 2.97. The molecule has 0 spiro atoms. The smallest absolute Gasteiger partial charge is 0.335 e. The Morgan fingerprint density at radius 1 is 1.19 bits per heavy atom. The Hall–Kier alpha value is -2.83. The van der Waals surface area contributed by atoms with Crippen molar-refractivity contribution in [1.82, 2.24) is 4.90 Å². The van der Waals surface area contributed by atoms with Crippen LogP contribution in [0.2, 0.25) is 0 Å². The number of aromatic carboxylic acids is 2. The van der Waals surface area contributed by atoms with Crippen LogP contribution in [0.5, 0.6) is 0 Å². The lowest BCUT2D eigenvalue weighted by molar-refractivity contribution is 0.0696. The Labute approximate surface area is 121 Å². The number of amides is 2. The monoisotopic (exact) mass is 292 g/mol. The van der Waals surface area contributed by atoms with E-state index < -0.39 is 18.0 Å². The lowest BCUT2D eigenvalue weighted by atomic mass is 10.1. The van der Waals surface area contributed by atoms with Gasteiger partial charge >= 0.3 is 18.0 Å². The zero-order chi connectivity index (χ0) is 16.0. The fourth-order valence-electron chi connectivity index (χ4n) is 1.66. The van der Waals surface area contributed by atoms with Gasteiger partial charge in [-0.05, 0) is 25.1 Å². The molecule has 0 aromatic heterocycles. The molecule has 0 saturated carbocycles. The van der Waals surface area contributed by atoms with Gasteiger partial charge in [-0.25, -0.2) is 14.4 Å². The first kappa shape index (κ1) is 16.2. The molecule has 0 aliphatic carbocycles. The number of rotatable bonds is 6. The Bertz CT molecular complexity index is 550. The van der Waals surface area contributed by atoms with Gasteiger partial charge in [-0.2, -0.15) is 0 Å². The van der Waals surface area contributed by atoms with Crippen LogP contribution in [0.3, 0.4) is 0 Å². The van der Waals surface area contributed by atoms with E-state index in [4.69, 9.17) is 10.2 Å². The second-order valence-electron chi connectivity index (χ2n) is 4.17. The van der Waals surface area contributed by atoms with E-state index in [1.165, 1.54) is 17.0 Å². The largest absolute Gasteiger partial charge is 0.478 e. The van der Waals surface area contributed by atoms with E-state index >= 15 is 0 Å². The van der Waals surface area contributed by atoms with Crippen molar-refractivity contribution >= 4 is 23.7 Å². The average molecular weight is 292 g/mol. The van der Waals surface area contributed by atoms with Crippen LogP contribution in [0, 0.1) is 0 Å². The van der Waals surface area contributed by atoms with Gasteiger partial charge in [-0.3, -0.25) is 0 Å². The average Bonchev–Trinajstić information content (AvgIpc) is 2.43. The van der Waals surface area contributed by atoms with Crippen molar-refractivity contribution in [3.8, 4) is 0 Å². The van der Waals surface area contributed by atoms with Gasteiger partial charge in [-0.15, -0.1) is 6.58 Å². The first-order chi connectivity index (χ1) is 9.88. The second-order valence-corrected chi connectivity index (χ2v) is 4.17. The van der Waals surface area contributed by atoms with Crippen LogP contribution in [-0.4, -0.2) is 46.2 Å². The minimum absolute atomic E-state index is 0.111. The molecule has 3 N–H and O–H groups in total. The number of carbonyl (C=O) groups excluding carboxylic acids is 1. The SMILES string of the molecule is C=CCN(CC)C(=O)Nc1cc(C(=O)O)cc(C(=O)O)c1. The van der Waals surface area contributed by atoms with E-state index in [0.29, 0.717) is 13.1 Å². The van der Waals surface area contributed by atoms with Gasteiger partial charge in [0, 0.05) is 18.8 Å². The molecule has 0 radical (unpaired) electrons. The molecule has 21 heavy (non-hydrogen) atoms. The van der Waals surface area contributed by atoms with Crippen molar-refractivity contribution in [2.45, 2.75) is 6.92 Å². The number of likely N-dealkylation sites (N-methyl/N-ethyl adjacent to an activating group) is 1. The number of nitrogens with one attached hydrogen (secondary N) is 1. The zero-order valence-electron chi connectivity index (χ0n) is 11.5. The van der Waals surface area contributed by atoms with Crippen molar-refractivity contribution in [1.29, 1.82) is 0 Å². The number of carboxylic acid groups (broad SMARTS) is 2. The number of benzene rings is 1. The fourth-order valence-corrected chi connectivity index (χ4v) is 1.66. The predicted molar refractivity (Wildman–Crippen MR) is 76.8 cm³/mol. The number of carbonyl (C=O) groups is 3. The van der Waals surface area contributed by atoms with Gasteiger partial charge in [0.25, 0.3) is 0 Å². The molecule has 1 aromatic rings. The van der Waals surface area contributed by atoms with E-state index in [1.54, 1.807) is 13.0 Å². The molecule has 0 aliphatic heterocycles. The standard InChI is InChI=1S/C14H16N2O5/c1-3-5-16(4-2)14(21)15-11-7-9(12(17)18)6-10(8-11)13(19)20/h3,6-8H,1,4-5H2,2H3,(H,15,21)(H,17,18)(H,19,20). The topological polar surface area (TPSA) is 107 Å². The molecule has 7 heteroatoms. The quantitative estimate of drug-likeness (QED) is 0.696. The van der Waals surface area contributed by atoms with Crippen molar-refractivity contribution in [2.24, 2.45) is 0 Å². The van der Waals surface area contributed by atoms with Gasteiger partial charge < -0.3 is 20.4 Å². The first-order valence-electron chi connectivity index (χ1n) is 6.17. The normalized spacial score (nSPS) is 9.76. The van der Waals surface area contributed by atoms with E-state index in [-0.39, 0.29) is 16.8 Å². The van der Waals surface area contributed by atoms with Crippen LogP contribution in [0.1, 0.15) is 27.6 Å². The highest BCUT2D eigenvalue weighted by Gasteiger charge is 2.15. The number of carboxylic acids is 2. The van der Waals surface area contributed by atoms with Crippen molar-refractivity contribution < 1.29 is 24.6 Å². The number of nitrogens with zero attached hydrogens (tertiary/aromatic N) is 1. The molecule has 0 aliphatic rings. The Morgan fingerprint density at radius 3 is 2.10 bits per heavy atom. The maximum Gasteiger partial charge on any atom is 0.335 e. The first-order valence-corrected chi connectivity index (χ1v) is 6.17. The molecule has 1 rings (SSSR count). The molecule has 0 bridgehead atoms. The van der Waals surface area contributed by atoms with E-state index in [2.05, 4.69) is 11.9 Å². The molecule has 7 nitrogen and oxygen atoms in total. The summed E-state index contributed by atoms with van der Waals surface area (Å²) in [6.45, 7) is 6.07. The third-order valence-electron chi connectivity index (χ3n) is 2.70. The Kier molecular flexibility index (Phi) is 5.48. The minimum Gasteiger partial charge on any atom is -0.478 e. The molecule has 0 fully saturated rings. The number of urea groups is 1. The van der Waals surface area contributed by atoms with Crippen LogP contribution in [0.15, 0.2) is 30.9 Å². The third kappa shape index (κ3) is 4.34. The summed E-state index contributed by atoms with van der Waals surface area (Å²) in [5.41, 5.74) is -0.311. The summed E-state index contributed by atoms with van der Waals surface area (Å²) < 4.78 is 0. The fraction of sp³-hybridized carbons (Fsp3) is 0.214. The maximum atomic E-state index is 12.0. The predicted octanol–water partition coefficient (Wildman–Crippen LogP) is 2.12. The molecule has 0 saturated heterocycles. The van der Waals surface area contributed by atoms with Crippen LogP contribution >= 0.6 is 0 Å². The molecule has 0 heterocycles. The van der Waals surface area contributed by atoms with Crippen molar-refractivity contribution in [3.05, 3.63) is 42.0 Å². The van der Waals surface area contributed by atoms with Crippen LogP contribution in [0.4, 0.5) is 10.5 Å². The Balaban J connectivity index is 3.06. The van der Waals surface area contributed by atoms with Gasteiger partial charge in [0.2, 0.25) is 0 Å². The van der Waals surface area contributed by atoms with E-state index in [0.717, 1.165) is 6.07 Å². The molecular formula is C14H16N2O5. The van der Waals surface area contributed by atoms with E-state index in [9.17, 15) is 14.4 Å². The summed E-state index contributed by atoms with van der Waals surface area (Å²) >= 11 is 0. The summed E-state index contributed by atoms with van der Waals surface area (Å²) in [5, 5.41) is 20.4. The highest BCUT2D eigenvalue weighted by atomic mass is 16.4. The molecule has 112 valence electrons. The highest BCUT2D eigenvalue weighted by Crippen LogP contribution is 2.16. The maximum absolute atomic E-state index is 12.0. The zero-order valence-corrected chi connectivity index (χ0v) is 11.5. The van der Waals surface area contributed by atoms with Crippen molar-refractivity contribution in [3.63, 3.8) is 0 Å². The Morgan fingerprint density at radius 2 is 1.71 bits per heavy atom. The van der Waals surface area contributed by atoms with Gasteiger partial charge in [-0.1, -0.05) is 6.08 Å². The number of hydrogen-bond donors (Lipinski definition) is 3. The lowest BCUT2D eigenvalue weighted by Gasteiger charge is -2.19. The second kappa shape index (κ2) is 7.09. The van der Waals surface area contributed by atoms with Gasteiger partial charge in [0.15, 0.2) is 0 Å². The van der Waals surface area contributed by atoms with Crippen molar-refractivity contribution in [2.75, 3.05) is 18.4 Å². The highest BCUT2D eigenvalue weighted by molar-refractivity contribution is 5.98. The number of hydrogen-bond acceptors (Lipinski definition) is 3. The molecule has 1 aromatic carbocycles. The summed E-state index contributed by atoms with van der Waals surface area (Å²) in [4.78, 5) is 35.4. The molecule has 2 amide bonds. The van der Waals surface area contributed by atoms with Crippen LogP contribution in [-0.2, 0) is 0 Å². The summed E-state index contributed by atoms with van der Waals surface area (Å²) in [7, 11) is 0. The van der Waals surface area contributed by atoms with Gasteiger partial charge in [0.1, 0.15) is 0 Å². The summed E-state index contributed by atoms with van der Waals surface area (Å²) in [6.07, 6.45) is 1.55. The lowest BCUT2D eigenvalue weighted by Crippen LogP contribution is -2.34.